The van der Waals surface area contributed by atoms with Crippen LogP contribution in [-0.2, 0) is 17.6 Å². The molecule has 1 rings (SSSR count). The maximum atomic E-state index is 10.9. The summed E-state index contributed by atoms with van der Waals surface area (Å²) in [5.74, 6) is 0.757. The summed E-state index contributed by atoms with van der Waals surface area (Å²) < 4.78 is 4.92. The number of aromatic nitrogens is 2. The molecule has 0 radical (unpaired) electrons. The van der Waals surface area contributed by atoms with Crippen molar-refractivity contribution >= 4 is 5.91 Å². The zero-order valence-electron chi connectivity index (χ0n) is 8.49. The molecule has 1 N–H and O–H groups in total. The summed E-state index contributed by atoms with van der Waals surface area (Å²) in [6.45, 7) is 2.02. The van der Waals surface area contributed by atoms with E-state index in [0.717, 1.165) is 12.8 Å². The fourth-order valence-electron chi connectivity index (χ4n) is 1.06. The van der Waals surface area contributed by atoms with Crippen LogP contribution in [0.15, 0.2) is 4.52 Å². The molecule has 1 aromatic rings. The maximum absolute atomic E-state index is 10.9. The minimum Gasteiger partial charge on any atom is -0.339 e. The van der Waals surface area contributed by atoms with Crippen LogP contribution in [0.1, 0.15) is 31.5 Å². The Kier molecular flexibility index (Phi) is 4.29. The molecule has 1 heterocycles. The second-order valence-electron chi connectivity index (χ2n) is 3.01. The average molecular weight is 208 g/mol. The standard InChI is InChI=1S/C9H12N4O2/c1-2-3-7-12-9(15-13-7)5-4-8(14)11-6-10/h2-5H2,1H3,(H,11,14). The molecular weight excluding hydrogens is 196 g/mol. The Labute approximate surface area is 87.3 Å². The van der Waals surface area contributed by atoms with Crippen molar-refractivity contribution in [2.75, 3.05) is 0 Å². The van der Waals surface area contributed by atoms with E-state index in [1.807, 2.05) is 12.2 Å². The first kappa shape index (κ1) is 11.2. The summed E-state index contributed by atoms with van der Waals surface area (Å²) in [4.78, 5) is 15.0. The number of nitrogens with zero attached hydrogens (tertiary/aromatic N) is 3. The van der Waals surface area contributed by atoms with Gasteiger partial charge in [-0.3, -0.25) is 10.1 Å². The number of carbonyl (C=O) groups excluding carboxylic acids is 1. The van der Waals surface area contributed by atoms with E-state index in [-0.39, 0.29) is 12.3 Å². The lowest BCUT2D eigenvalue weighted by molar-refractivity contribution is -0.120. The Morgan fingerprint density at radius 2 is 2.40 bits per heavy atom. The van der Waals surface area contributed by atoms with Crippen LogP contribution in [0.5, 0.6) is 0 Å². The van der Waals surface area contributed by atoms with Gasteiger partial charge in [-0.25, -0.2) is 0 Å². The molecule has 6 nitrogen and oxygen atoms in total. The van der Waals surface area contributed by atoms with Gasteiger partial charge in [-0.15, -0.1) is 0 Å². The number of nitriles is 1. The molecule has 0 spiro atoms. The second-order valence-corrected chi connectivity index (χ2v) is 3.01. The fraction of sp³-hybridized carbons (Fsp3) is 0.556. The van der Waals surface area contributed by atoms with E-state index in [1.54, 1.807) is 6.19 Å². The lowest BCUT2D eigenvalue weighted by Gasteiger charge is -1.92. The predicted octanol–water partition coefficient (Wildman–Crippen LogP) is 0.552. The molecule has 6 heteroatoms. The molecule has 0 fully saturated rings. The normalized spacial score (nSPS) is 9.60. The molecule has 80 valence electrons. The highest BCUT2D eigenvalue weighted by Crippen LogP contribution is 2.02. The fourth-order valence-corrected chi connectivity index (χ4v) is 1.06. The van der Waals surface area contributed by atoms with Crippen molar-refractivity contribution in [3.8, 4) is 6.19 Å². The topological polar surface area (TPSA) is 91.8 Å². The molecular formula is C9H12N4O2. The highest BCUT2D eigenvalue weighted by Gasteiger charge is 2.07. The monoisotopic (exact) mass is 208 g/mol. The third kappa shape index (κ3) is 3.77. The summed E-state index contributed by atoms with van der Waals surface area (Å²) >= 11 is 0. The molecule has 0 aromatic carbocycles. The smallest absolute Gasteiger partial charge is 0.233 e. The van der Waals surface area contributed by atoms with Gasteiger partial charge in [0.05, 0.1) is 0 Å². The van der Waals surface area contributed by atoms with E-state index in [1.165, 1.54) is 0 Å². The Balaban J connectivity index is 2.38. The van der Waals surface area contributed by atoms with E-state index < -0.39 is 0 Å². The van der Waals surface area contributed by atoms with Gasteiger partial charge in [0.25, 0.3) is 0 Å². The summed E-state index contributed by atoms with van der Waals surface area (Å²) in [7, 11) is 0. The number of carbonyl (C=O) groups is 1. The lowest BCUT2D eigenvalue weighted by atomic mass is 10.3. The second kappa shape index (κ2) is 5.75. The van der Waals surface area contributed by atoms with Gasteiger partial charge in [0.1, 0.15) is 0 Å². The Hall–Kier alpha value is -1.90. The minimum atomic E-state index is -0.340. The van der Waals surface area contributed by atoms with Crippen LogP contribution in [0.3, 0.4) is 0 Å². The minimum absolute atomic E-state index is 0.182. The van der Waals surface area contributed by atoms with Gasteiger partial charge in [0.2, 0.25) is 11.8 Å². The molecule has 0 saturated carbocycles. The summed E-state index contributed by atoms with van der Waals surface area (Å²) in [6.07, 6.45) is 3.83. The van der Waals surface area contributed by atoms with Crippen LogP contribution in [0.2, 0.25) is 0 Å². The molecule has 15 heavy (non-hydrogen) atoms. The number of rotatable bonds is 5. The van der Waals surface area contributed by atoms with Gasteiger partial charge in [-0.2, -0.15) is 10.2 Å². The molecule has 0 saturated heterocycles. The first-order chi connectivity index (χ1) is 7.26. The number of nitrogens with one attached hydrogen (secondary N) is 1. The van der Waals surface area contributed by atoms with Gasteiger partial charge < -0.3 is 4.52 Å². The first-order valence-electron chi connectivity index (χ1n) is 4.75. The van der Waals surface area contributed by atoms with Crippen molar-refractivity contribution in [2.45, 2.75) is 32.6 Å². The molecule has 0 bridgehead atoms. The van der Waals surface area contributed by atoms with Crippen molar-refractivity contribution in [3.63, 3.8) is 0 Å². The molecule has 1 amide bonds. The third-order valence-corrected chi connectivity index (χ3v) is 1.75. The molecule has 0 unspecified atom stereocenters. The van der Waals surface area contributed by atoms with Crippen molar-refractivity contribution in [1.29, 1.82) is 5.26 Å². The zero-order chi connectivity index (χ0) is 11.1. The lowest BCUT2D eigenvalue weighted by Crippen LogP contribution is -2.17. The number of aryl methyl sites for hydroxylation is 2. The molecule has 0 aliphatic rings. The largest absolute Gasteiger partial charge is 0.339 e. The van der Waals surface area contributed by atoms with Gasteiger partial charge in [-0.1, -0.05) is 12.1 Å². The van der Waals surface area contributed by atoms with E-state index in [0.29, 0.717) is 18.1 Å². The Bertz CT molecular complexity index is 366. The van der Waals surface area contributed by atoms with E-state index in [4.69, 9.17) is 9.78 Å². The number of hydrogen-bond acceptors (Lipinski definition) is 5. The van der Waals surface area contributed by atoms with Gasteiger partial charge >= 0.3 is 0 Å². The van der Waals surface area contributed by atoms with Crippen LogP contribution < -0.4 is 5.32 Å². The van der Waals surface area contributed by atoms with Gasteiger partial charge in [0.15, 0.2) is 12.0 Å². The molecule has 0 aliphatic heterocycles. The highest BCUT2D eigenvalue weighted by molar-refractivity contribution is 5.77. The zero-order valence-corrected chi connectivity index (χ0v) is 8.49. The van der Waals surface area contributed by atoms with Crippen LogP contribution >= 0.6 is 0 Å². The highest BCUT2D eigenvalue weighted by atomic mass is 16.5. The van der Waals surface area contributed by atoms with E-state index in [9.17, 15) is 4.79 Å². The Morgan fingerprint density at radius 3 is 3.07 bits per heavy atom. The predicted molar refractivity (Wildman–Crippen MR) is 50.4 cm³/mol. The molecule has 0 aliphatic carbocycles. The summed E-state index contributed by atoms with van der Waals surface area (Å²) in [6, 6.07) is 0. The van der Waals surface area contributed by atoms with Crippen LogP contribution in [0.4, 0.5) is 0 Å². The summed E-state index contributed by atoms with van der Waals surface area (Å²) in [5.41, 5.74) is 0. The van der Waals surface area contributed by atoms with Crippen molar-refractivity contribution in [3.05, 3.63) is 11.7 Å². The number of amides is 1. The van der Waals surface area contributed by atoms with E-state index in [2.05, 4.69) is 10.1 Å². The molecule has 1 aromatic heterocycles. The van der Waals surface area contributed by atoms with Gasteiger partial charge in [-0.05, 0) is 6.42 Å². The van der Waals surface area contributed by atoms with Gasteiger partial charge in [0, 0.05) is 19.3 Å². The van der Waals surface area contributed by atoms with Crippen molar-refractivity contribution in [2.24, 2.45) is 0 Å². The summed E-state index contributed by atoms with van der Waals surface area (Å²) in [5, 5.41) is 13.9. The Morgan fingerprint density at radius 1 is 1.60 bits per heavy atom. The first-order valence-corrected chi connectivity index (χ1v) is 4.75. The maximum Gasteiger partial charge on any atom is 0.233 e. The van der Waals surface area contributed by atoms with Crippen LogP contribution in [0.25, 0.3) is 0 Å². The van der Waals surface area contributed by atoms with Crippen LogP contribution in [-0.4, -0.2) is 16.0 Å². The molecule has 0 atom stereocenters. The number of hydrogen-bond donors (Lipinski definition) is 1. The van der Waals surface area contributed by atoms with Crippen LogP contribution in [0, 0.1) is 11.5 Å². The third-order valence-electron chi connectivity index (χ3n) is 1.75. The quantitative estimate of drug-likeness (QED) is 0.563. The van der Waals surface area contributed by atoms with Crippen molar-refractivity contribution in [1.82, 2.24) is 15.5 Å². The SMILES string of the molecule is CCCc1noc(CCC(=O)NC#N)n1. The average Bonchev–Trinajstić information content (AvgIpc) is 2.64. The van der Waals surface area contributed by atoms with Crippen molar-refractivity contribution < 1.29 is 9.32 Å². The van der Waals surface area contributed by atoms with E-state index >= 15 is 0 Å².